The second kappa shape index (κ2) is 4.82. The largest absolute Gasteiger partial charge is 0.375 e. The van der Waals surface area contributed by atoms with E-state index in [-0.39, 0.29) is 5.54 Å². The Morgan fingerprint density at radius 1 is 1.24 bits per heavy atom. The van der Waals surface area contributed by atoms with E-state index in [4.69, 9.17) is 10.5 Å². The summed E-state index contributed by atoms with van der Waals surface area (Å²) in [5.74, 6) is 0. The van der Waals surface area contributed by atoms with Crippen molar-refractivity contribution in [3.8, 4) is 0 Å². The molecule has 2 aromatic rings. The lowest BCUT2D eigenvalue weighted by Gasteiger charge is -2.18. The van der Waals surface area contributed by atoms with Gasteiger partial charge in [0.05, 0.1) is 18.7 Å². The number of rotatable bonds is 4. The van der Waals surface area contributed by atoms with Crippen molar-refractivity contribution in [2.24, 2.45) is 5.73 Å². The predicted molar refractivity (Wildman–Crippen MR) is 69.7 cm³/mol. The Hall–Kier alpha value is -1.45. The first-order chi connectivity index (χ1) is 8.06. The van der Waals surface area contributed by atoms with E-state index in [0.717, 1.165) is 16.5 Å². The van der Waals surface area contributed by atoms with Crippen molar-refractivity contribution in [1.29, 1.82) is 0 Å². The van der Waals surface area contributed by atoms with Crippen LogP contribution in [-0.2, 0) is 11.3 Å². The van der Waals surface area contributed by atoms with Crippen molar-refractivity contribution in [2.75, 3.05) is 6.61 Å². The molecule has 2 rings (SSSR count). The van der Waals surface area contributed by atoms with Gasteiger partial charge in [0, 0.05) is 17.1 Å². The Morgan fingerprint density at radius 2 is 2.00 bits per heavy atom. The van der Waals surface area contributed by atoms with E-state index in [1.807, 2.05) is 44.3 Å². The van der Waals surface area contributed by atoms with Crippen LogP contribution in [-0.4, -0.2) is 17.1 Å². The van der Waals surface area contributed by atoms with Crippen LogP contribution in [0.2, 0.25) is 0 Å². The molecule has 0 spiro atoms. The van der Waals surface area contributed by atoms with Crippen LogP contribution in [0.3, 0.4) is 0 Å². The first-order valence-electron chi connectivity index (χ1n) is 5.75. The van der Waals surface area contributed by atoms with Gasteiger partial charge in [-0.25, -0.2) is 0 Å². The summed E-state index contributed by atoms with van der Waals surface area (Å²) >= 11 is 0. The van der Waals surface area contributed by atoms with E-state index in [0.29, 0.717) is 13.2 Å². The van der Waals surface area contributed by atoms with Gasteiger partial charge in [-0.05, 0) is 31.5 Å². The van der Waals surface area contributed by atoms with E-state index in [1.165, 1.54) is 0 Å². The van der Waals surface area contributed by atoms with Gasteiger partial charge in [0.25, 0.3) is 0 Å². The number of ether oxygens (including phenoxy) is 1. The molecule has 1 aromatic carbocycles. The van der Waals surface area contributed by atoms with E-state index in [9.17, 15) is 0 Å². The van der Waals surface area contributed by atoms with Crippen LogP contribution in [0.25, 0.3) is 10.9 Å². The molecule has 0 aliphatic heterocycles. The number of fused-ring (bicyclic) bond motifs is 1. The summed E-state index contributed by atoms with van der Waals surface area (Å²) in [4.78, 5) is 4.32. The highest BCUT2D eigenvalue weighted by molar-refractivity contribution is 5.81. The number of aromatic nitrogens is 1. The Balaban J connectivity index is 2.13. The number of hydrogen-bond donors (Lipinski definition) is 1. The van der Waals surface area contributed by atoms with Gasteiger partial charge in [-0.2, -0.15) is 0 Å². The van der Waals surface area contributed by atoms with Gasteiger partial charge in [-0.1, -0.05) is 18.2 Å². The van der Waals surface area contributed by atoms with Gasteiger partial charge >= 0.3 is 0 Å². The van der Waals surface area contributed by atoms with E-state index in [1.54, 1.807) is 0 Å². The van der Waals surface area contributed by atoms with Crippen molar-refractivity contribution < 1.29 is 4.74 Å². The van der Waals surface area contributed by atoms with Crippen LogP contribution < -0.4 is 5.73 Å². The molecular weight excluding hydrogens is 212 g/mol. The molecule has 2 N–H and O–H groups in total. The van der Waals surface area contributed by atoms with Crippen LogP contribution in [0.15, 0.2) is 36.5 Å². The maximum absolute atomic E-state index is 5.87. The summed E-state index contributed by atoms with van der Waals surface area (Å²) in [5, 5.41) is 1.14. The van der Waals surface area contributed by atoms with Gasteiger partial charge in [-0.3, -0.25) is 4.98 Å². The van der Waals surface area contributed by atoms with Crippen LogP contribution in [0.1, 0.15) is 19.4 Å². The molecule has 0 radical (unpaired) electrons. The van der Waals surface area contributed by atoms with Crippen LogP contribution >= 0.6 is 0 Å². The summed E-state index contributed by atoms with van der Waals surface area (Å²) in [5.41, 5.74) is 7.74. The number of nitrogens with two attached hydrogens (primary N) is 1. The topological polar surface area (TPSA) is 48.1 Å². The Morgan fingerprint density at radius 3 is 2.76 bits per heavy atom. The zero-order chi connectivity index (χ0) is 12.3. The summed E-state index contributed by atoms with van der Waals surface area (Å²) in [6, 6.07) is 10.1. The van der Waals surface area contributed by atoms with Crippen molar-refractivity contribution in [3.63, 3.8) is 0 Å². The van der Waals surface area contributed by atoms with Gasteiger partial charge in [0.2, 0.25) is 0 Å². The van der Waals surface area contributed by atoms with E-state index >= 15 is 0 Å². The number of pyridine rings is 1. The minimum atomic E-state index is -0.289. The molecule has 90 valence electrons. The monoisotopic (exact) mass is 230 g/mol. The zero-order valence-electron chi connectivity index (χ0n) is 10.3. The lowest BCUT2D eigenvalue weighted by molar-refractivity contribution is 0.0857. The highest BCUT2D eigenvalue weighted by Crippen LogP contribution is 2.17. The predicted octanol–water partition coefficient (Wildman–Crippen LogP) is 2.49. The van der Waals surface area contributed by atoms with Crippen molar-refractivity contribution in [2.45, 2.75) is 26.0 Å². The summed E-state index contributed by atoms with van der Waals surface area (Å²) in [6.07, 6.45) is 1.81. The molecule has 3 heteroatoms. The average molecular weight is 230 g/mol. The average Bonchev–Trinajstić information content (AvgIpc) is 2.28. The van der Waals surface area contributed by atoms with Gasteiger partial charge in [-0.15, -0.1) is 0 Å². The number of nitrogens with zero attached hydrogens (tertiary/aromatic N) is 1. The molecule has 0 bridgehead atoms. The highest BCUT2D eigenvalue weighted by Gasteiger charge is 2.10. The molecule has 0 saturated heterocycles. The first kappa shape index (κ1) is 12.0. The summed E-state index contributed by atoms with van der Waals surface area (Å²) < 4.78 is 5.64. The maximum Gasteiger partial charge on any atom is 0.0724 e. The SMILES string of the molecule is CC(C)(N)COCc1ccnc2ccccc12. The highest BCUT2D eigenvalue weighted by atomic mass is 16.5. The zero-order valence-corrected chi connectivity index (χ0v) is 10.3. The third-order valence-corrected chi connectivity index (χ3v) is 2.47. The Kier molecular flexibility index (Phi) is 3.41. The second-order valence-corrected chi connectivity index (χ2v) is 4.97. The molecule has 0 fully saturated rings. The third-order valence-electron chi connectivity index (χ3n) is 2.47. The standard InChI is InChI=1S/C14H18N2O/c1-14(2,15)10-17-9-11-7-8-16-13-6-4-3-5-12(11)13/h3-8H,9-10,15H2,1-2H3. The lowest BCUT2D eigenvalue weighted by Crippen LogP contribution is -2.37. The quantitative estimate of drug-likeness (QED) is 0.877. The van der Waals surface area contributed by atoms with Gasteiger partial charge in [0.15, 0.2) is 0 Å². The molecule has 0 saturated carbocycles. The smallest absolute Gasteiger partial charge is 0.0724 e. The fraction of sp³-hybridized carbons (Fsp3) is 0.357. The van der Waals surface area contributed by atoms with Crippen LogP contribution in [0.4, 0.5) is 0 Å². The molecule has 0 amide bonds. The molecule has 1 aromatic heterocycles. The molecule has 0 unspecified atom stereocenters. The Bertz CT molecular complexity index is 498. The van der Waals surface area contributed by atoms with E-state index in [2.05, 4.69) is 11.1 Å². The normalized spacial score (nSPS) is 11.9. The van der Waals surface area contributed by atoms with Gasteiger partial charge < -0.3 is 10.5 Å². The fourth-order valence-electron chi connectivity index (χ4n) is 1.70. The minimum absolute atomic E-state index is 0.289. The van der Waals surface area contributed by atoms with Crippen molar-refractivity contribution in [3.05, 3.63) is 42.1 Å². The summed E-state index contributed by atoms with van der Waals surface area (Å²) in [7, 11) is 0. The molecule has 1 heterocycles. The molecule has 0 aliphatic carbocycles. The lowest BCUT2D eigenvalue weighted by atomic mass is 10.1. The first-order valence-corrected chi connectivity index (χ1v) is 5.75. The second-order valence-electron chi connectivity index (χ2n) is 4.97. The fourth-order valence-corrected chi connectivity index (χ4v) is 1.70. The van der Waals surface area contributed by atoms with E-state index < -0.39 is 0 Å². The third kappa shape index (κ3) is 3.25. The number of para-hydroxylation sites is 1. The van der Waals surface area contributed by atoms with Crippen LogP contribution in [0.5, 0.6) is 0 Å². The van der Waals surface area contributed by atoms with Gasteiger partial charge in [0.1, 0.15) is 0 Å². The molecule has 0 aliphatic rings. The van der Waals surface area contributed by atoms with Crippen molar-refractivity contribution >= 4 is 10.9 Å². The molecule has 17 heavy (non-hydrogen) atoms. The number of benzene rings is 1. The van der Waals surface area contributed by atoms with Crippen LogP contribution in [0, 0.1) is 0 Å². The molecule has 3 nitrogen and oxygen atoms in total. The summed E-state index contributed by atoms with van der Waals surface area (Å²) in [6.45, 7) is 5.03. The Labute approximate surface area is 102 Å². The molecular formula is C14H18N2O. The molecule has 0 atom stereocenters. The number of hydrogen-bond acceptors (Lipinski definition) is 3. The van der Waals surface area contributed by atoms with Crippen molar-refractivity contribution in [1.82, 2.24) is 4.98 Å². The maximum atomic E-state index is 5.87. The minimum Gasteiger partial charge on any atom is -0.375 e.